The second-order valence-corrected chi connectivity index (χ2v) is 6.39. The number of para-hydroxylation sites is 1. The number of nitrogens with zero attached hydrogens (tertiary/aromatic N) is 3. The molecule has 1 fully saturated rings. The third kappa shape index (κ3) is 3.02. The van der Waals surface area contributed by atoms with Crippen LogP contribution in [0.15, 0.2) is 39.2 Å². The molecule has 3 heterocycles. The van der Waals surface area contributed by atoms with Gasteiger partial charge >= 0.3 is 0 Å². The fraction of sp³-hybridized carbons (Fsp3) is 0.389. The molecule has 7 nitrogen and oxygen atoms in total. The summed E-state index contributed by atoms with van der Waals surface area (Å²) in [7, 11) is 0. The summed E-state index contributed by atoms with van der Waals surface area (Å²) in [6.07, 6.45) is -0.415. The molecule has 0 radical (unpaired) electrons. The number of morpholine rings is 1. The SMILES string of the molecule is CC(C)c1nnc(C2CN(C(=O)c3cc4ccccc4o3)CCO2)o1. The Bertz CT molecular complexity index is 866. The zero-order valence-corrected chi connectivity index (χ0v) is 14.1. The number of amides is 1. The summed E-state index contributed by atoms with van der Waals surface area (Å²) in [5, 5.41) is 9.00. The molecule has 0 saturated carbocycles. The lowest BCUT2D eigenvalue weighted by Gasteiger charge is -2.30. The molecule has 0 spiro atoms. The van der Waals surface area contributed by atoms with Crippen LogP contribution in [0.25, 0.3) is 11.0 Å². The number of aromatic nitrogens is 2. The monoisotopic (exact) mass is 341 g/mol. The van der Waals surface area contributed by atoms with Crippen molar-refractivity contribution >= 4 is 16.9 Å². The Morgan fingerprint density at radius 2 is 2.08 bits per heavy atom. The second-order valence-electron chi connectivity index (χ2n) is 6.39. The van der Waals surface area contributed by atoms with E-state index in [-0.39, 0.29) is 11.8 Å². The fourth-order valence-corrected chi connectivity index (χ4v) is 2.84. The summed E-state index contributed by atoms with van der Waals surface area (Å²) in [5.74, 6) is 1.30. The van der Waals surface area contributed by atoms with E-state index in [1.807, 2.05) is 38.1 Å². The predicted molar refractivity (Wildman–Crippen MR) is 89.2 cm³/mol. The first-order chi connectivity index (χ1) is 12.1. The molecule has 3 aromatic rings. The third-order valence-corrected chi connectivity index (χ3v) is 4.22. The van der Waals surface area contributed by atoms with E-state index in [4.69, 9.17) is 13.6 Å². The van der Waals surface area contributed by atoms with Crippen LogP contribution in [-0.2, 0) is 4.74 Å². The van der Waals surface area contributed by atoms with Gasteiger partial charge in [0.05, 0.1) is 13.2 Å². The average Bonchev–Trinajstić information content (AvgIpc) is 3.28. The Morgan fingerprint density at radius 3 is 2.84 bits per heavy atom. The van der Waals surface area contributed by atoms with Crippen LogP contribution in [0.5, 0.6) is 0 Å². The molecule has 1 atom stereocenters. The molecule has 1 aliphatic heterocycles. The predicted octanol–water partition coefficient (Wildman–Crippen LogP) is 3.15. The highest BCUT2D eigenvalue weighted by atomic mass is 16.5. The number of rotatable bonds is 3. The molecule has 1 aliphatic rings. The molecule has 0 N–H and O–H groups in total. The molecule has 1 unspecified atom stereocenters. The molecule has 0 aliphatic carbocycles. The Hall–Kier alpha value is -2.67. The number of hydrogen-bond donors (Lipinski definition) is 0. The van der Waals surface area contributed by atoms with Gasteiger partial charge in [-0.1, -0.05) is 32.0 Å². The van der Waals surface area contributed by atoms with E-state index in [0.717, 1.165) is 5.39 Å². The number of benzene rings is 1. The van der Waals surface area contributed by atoms with Gasteiger partial charge in [-0.15, -0.1) is 10.2 Å². The minimum absolute atomic E-state index is 0.151. The molecule has 0 bridgehead atoms. The Morgan fingerprint density at radius 1 is 1.24 bits per heavy atom. The molecule has 7 heteroatoms. The van der Waals surface area contributed by atoms with E-state index >= 15 is 0 Å². The number of hydrogen-bond acceptors (Lipinski definition) is 6. The summed E-state index contributed by atoms with van der Waals surface area (Å²) in [5.41, 5.74) is 0.703. The molecule has 4 rings (SSSR count). The lowest BCUT2D eigenvalue weighted by molar-refractivity contribution is -0.0358. The van der Waals surface area contributed by atoms with Crippen LogP contribution in [0, 0.1) is 0 Å². The van der Waals surface area contributed by atoms with Gasteiger partial charge in [0.25, 0.3) is 5.91 Å². The molecule has 130 valence electrons. The van der Waals surface area contributed by atoms with Crippen molar-refractivity contribution < 1.29 is 18.4 Å². The molecule has 1 amide bonds. The summed E-state index contributed by atoms with van der Waals surface area (Å²) < 4.78 is 17.0. The lowest BCUT2D eigenvalue weighted by atomic mass is 10.2. The second kappa shape index (κ2) is 6.33. The van der Waals surface area contributed by atoms with Gasteiger partial charge in [-0.3, -0.25) is 4.79 Å². The number of furan rings is 1. The molecule has 1 saturated heterocycles. The van der Waals surface area contributed by atoms with E-state index in [9.17, 15) is 4.79 Å². The highest BCUT2D eigenvalue weighted by molar-refractivity contribution is 5.96. The standard InChI is InChI=1S/C18H19N3O4/c1-11(2)16-19-20-17(25-16)15-10-21(7-8-23-15)18(22)14-9-12-5-3-4-6-13(12)24-14/h3-6,9,11,15H,7-8,10H2,1-2H3. The number of ether oxygens (including phenoxy) is 1. The van der Waals surface area contributed by atoms with Crippen molar-refractivity contribution in [2.45, 2.75) is 25.9 Å². The van der Waals surface area contributed by atoms with Crippen molar-refractivity contribution in [2.24, 2.45) is 0 Å². The quantitative estimate of drug-likeness (QED) is 0.728. The van der Waals surface area contributed by atoms with E-state index in [0.29, 0.717) is 42.8 Å². The lowest BCUT2D eigenvalue weighted by Crippen LogP contribution is -2.42. The van der Waals surface area contributed by atoms with Crippen molar-refractivity contribution in [2.75, 3.05) is 19.7 Å². The van der Waals surface area contributed by atoms with Crippen molar-refractivity contribution in [1.82, 2.24) is 15.1 Å². The zero-order valence-electron chi connectivity index (χ0n) is 14.1. The summed E-state index contributed by atoms with van der Waals surface area (Å²) >= 11 is 0. The van der Waals surface area contributed by atoms with Gasteiger partial charge in [-0.2, -0.15) is 0 Å². The van der Waals surface area contributed by atoms with Gasteiger partial charge in [-0.25, -0.2) is 0 Å². The topological polar surface area (TPSA) is 81.6 Å². The maximum absolute atomic E-state index is 12.8. The molecular weight excluding hydrogens is 322 g/mol. The van der Waals surface area contributed by atoms with Crippen molar-refractivity contribution in [1.29, 1.82) is 0 Å². The van der Waals surface area contributed by atoms with Crippen molar-refractivity contribution in [3.8, 4) is 0 Å². The smallest absolute Gasteiger partial charge is 0.289 e. The van der Waals surface area contributed by atoms with Gasteiger partial charge in [0, 0.05) is 17.8 Å². The first-order valence-corrected chi connectivity index (χ1v) is 8.34. The van der Waals surface area contributed by atoms with Crippen LogP contribution >= 0.6 is 0 Å². The molecule has 2 aromatic heterocycles. The highest BCUT2D eigenvalue weighted by Crippen LogP contribution is 2.26. The fourth-order valence-electron chi connectivity index (χ4n) is 2.84. The summed E-state index contributed by atoms with van der Waals surface area (Å²) in [6.45, 7) is 5.23. The number of carbonyl (C=O) groups is 1. The van der Waals surface area contributed by atoms with Gasteiger partial charge < -0.3 is 18.5 Å². The Balaban J connectivity index is 1.52. The minimum atomic E-state index is -0.415. The maximum Gasteiger partial charge on any atom is 0.289 e. The normalized spacial score (nSPS) is 18.2. The van der Waals surface area contributed by atoms with Crippen LogP contribution < -0.4 is 0 Å². The first kappa shape index (κ1) is 15.8. The van der Waals surface area contributed by atoms with Gasteiger partial charge in [0.1, 0.15) is 5.58 Å². The average molecular weight is 341 g/mol. The van der Waals surface area contributed by atoms with Gasteiger partial charge in [-0.05, 0) is 12.1 Å². The van der Waals surface area contributed by atoms with Crippen LogP contribution in [0.3, 0.4) is 0 Å². The molecule has 25 heavy (non-hydrogen) atoms. The Labute approximate surface area is 144 Å². The number of carbonyl (C=O) groups excluding carboxylic acids is 1. The summed E-state index contributed by atoms with van der Waals surface area (Å²) in [4.78, 5) is 14.5. The van der Waals surface area contributed by atoms with E-state index in [1.54, 1.807) is 11.0 Å². The molecule has 1 aromatic carbocycles. The van der Waals surface area contributed by atoms with Crippen molar-refractivity contribution in [3.63, 3.8) is 0 Å². The van der Waals surface area contributed by atoms with E-state index in [1.165, 1.54) is 0 Å². The van der Waals surface area contributed by atoms with Gasteiger partial charge in [0.15, 0.2) is 11.9 Å². The largest absolute Gasteiger partial charge is 0.451 e. The van der Waals surface area contributed by atoms with Gasteiger partial charge in [0.2, 0.25) is 11.8 Å². The first-order valence-electron chi connectivity index (χ1n) is 8.34. The zero-order chi connectivity index (χ0) is 17.4. The number of fused-ring (bicyclic) bond motifs is 1. The molecular formula is C18H19N3O4. The maximum atomic E-state index is 12.8. The van der Waals surface area contributed by atoms with Crippen LogP contribution in [0.1, 0.15) is 48.2 Å². The highest BCUT2D eigenvalue weighted by Gasteiger charge is 2.31. The van der Waals surface area contributed by atoms with E-state index in [2.05, 4.69) is 10.2 Å². The van der Waals surface area contributed by atoms with E-state index < -0.39 is 6.10 Å². The Kier molecular flexibility index (Phi) is 4.01. The summed E-state index contributed by atoms with van der Waals surface area (Å²) in [6, 6.07) is 9.33. The van der Waals surface area contributed by atoms with Crippen LogP contribution in [0.2, 0.25) is 0 Å². The van der Waals surface area contributed by atoms with Crippen LogP contribution in [0.4, 0.5) is 0 Å². The van der Waals surface area contributed by atoms with Crippen molar-refractivity contribution in [3.05, 3.63) is 47.9 Å². The third-order valence-electron chi connectivity index (χ3n) is 4.22. The van der Waals surface area contributed by atoms with Crippen LogP contribution in [-0.4, -0.2) is 40.7 Å². The minimum Gasteiger partial charge on any atom is -0.451 e.